The molecule has 1 aliphatic rings. The van der Waals surface area contributed by atoms with E-state index in [0.29, 0.717) is 34.4 Å². The summed E-state index contributed by atoms with van der Waals surface area (Å²) in [7, 11) is 0. The summed E-state index contributed by atoms with van der Waals surface area (Å²) >= 11 is 0. The minimum atomic E-state index is -0.486. The number of anilines is 1. The zero-order valence-corrected chi connectivity index (χ0v) is 19.8. The average molecular weight is 469 g/mol. The summed E-state index contributed by atoms with van der Waals surface area (Å²) in [6.07, 6.45) is 3.89. The van der Waals surface area contributed by atoms with Gasteiger partial charge >= 0.3 is 0 Å². The van der Waals surface area contributed by atoms with Crippen molar-refractivity contribution in [3.8, 4) is 22.5 Å². The van der Waals surface area contributed by atoms with Crippen molar-refractivity contribution in [2.24, 2.45) is 11.7 Å². The van der Waals surface area contributed by atoms with Crippen LogP contribution in [-0.2, 0) is 0 Å². The molecule has 0 unspecified atom stereocenters. The summed E-state index contributed by atoms with van der Waals surface area (Å²) < 4.78 is 1.80. The number of benzene rings is 2. The maximum absolute atomic E-state index is 12.4. The third-order valence-electron chi connectivity index (χ3n) is 5.97. The Balaban J connectivity index is 1.56. The topological polar surface area (TPSA) is 114 Å². The molecule has 4 N–H and O–H groups in total. The zero-order chi connectivity index (χ0) is 24.5. The first-order chi connectivity index (χ1) is 16.9. The molecule has 0 atom stereocenters. The lowest BCUT2D eigenvalue weighted by Crippen LogP contribution is -2.25. The number of hydrogen-bond donors (Lipinski definition) is 3. The smallest absolute Gasteiger partial charge is 0.251 e. The number of primary amides is 1. The van der Waals surface area contributed by atoms with Gasteiger partial charge in [0.1, 0.15) is 0 Å². The summed E-state index contributed by atoms with van der Waals surface area (Å²) in [5, 5.41) is 11.4. The largest absolute Gasteiger partial charge is 0.382 e. The van der Waals surface area contributed by atoms with Crippen molar-refractivity contribution >= 4 is 23.1 Å². The van der Waals surface area contributed by atoms with Gasteiger partial charge in [-0.3, -0.25) is 9.59 Å². The summed E-state index contributed by atoms with van der Waals surface area (Å²) in [4.78, 5) is 28.7. The van der Waals surface area contributed by atoms with Gasteiger partial charge in [-0.25, -0.2) is 9.50 Å². The number of nitrogens with one attached hydrogen (secondary N) is 2. The van der Waals surface area contributed by atoms with Crippen LogP contribution < -0.4 is 16.4 Å². The molecule has 2 amide bonds. The Bertz CT molecular complexity index is 1400. The fraction of sp³-hybridized carbons (Fsp3) is 0.259. The van der Waals surface area contributed by atoms with Crippen LogP contribution in [0, 0.1) is 5.92 Å². The molecule has 2 aromatic carbocycles. The predicted molar refractivity (Wildman–Crippen MR) is 136 cm³/mol. The number of carbonyl (C=O) groups excluding carboxylic acids is 2. The average Bonchev–Trinajstić information content (AvgIpc) is 3.57. The molecule has 8 nitrogen and oxygen atoms in total. The number of hydrogen-bond acceptors (Lipinski definition) is 5. The molecule has 2 heterocycles. The lowest BCUT2D eigenvalue weighted by Gasteiger charge is -2.13. The summed E-state index contributed by atoms with van der Waals surface area (Å²) in [6.45, 7) is 5.05. The van der Waals surface area contributed by atoms with Crippen LogP contribution in [-0.4, -0.2) is 39.0 Å². The molecule has 1 fully saturated rings. The molecule has 0 radical (unpaired) electrons. The number of rotatable bonds is 8. The second kappa shape index (κ2) is 9.21. The van der Waals surface area contributed by atoms with E-state index in [2.05, 4.69) is 29.5 Å². The zero-order valence-electron chi connectivity index (χ0n) is 19.8. The highest BCUT2D eigenvalue weighted by Gasteiger charge is 2.24. The summed E-state index contributed by atoms with van der Waals surface area (Å²) in [5.74, 6) is -0.0964. The second-order valence-electron chi connectivity index (χ2n) is 9.37. The van der Waals surface area contributed by atoms with E-state index in [4.69, 9.17) is 10.8 Å². The number of nitrogens with two attached hydrogens (primary N) is 1. The number of amides is 2. The molecule has 0 saturated heterocycles. The van der Waals surface area contributed by atoms with Crippen LogP contribution in [0.3, 0.4) is 0 Å². The van der Waals surface area contributed by atoms with Gasteiger partial charge in [0, 0.05) is 34.8 Å². The highest BCUT2D eigenvalue weighted by Crippen LogP contribution is 2.29. The lowest BCUT2D eigenvalue weighted by molar-refractivity contribution is 0.0949. The number of fused-ring (bicyclic) bond motifs is 1. The van der Waals surface area contributed by atoms with E-state index in [1.807, 2.05) is 36.4 Å². The highest BCUT2D eigenvalue weighted by molar-refractivity contribution is 5.95. The Morgan fingerprint density at radius 1 is 1.06 bits per heavy atom. The van der Waals surface area contributed by atoms with E-state index in [1.165, 1.54) is 0 Å². The summed E-state index contributed by atoms with van der Waals surface area (Å²) in [5.41, 5.74) is 11.3. The van der Waals surface area contributed by atoms with Crippen molar-refractivity contribution in [3.63, 3.8) is 0 Å². The Kier molecular flexibility index (Phi) is 5.94. The van der Waals surface area contributed by atoms with Crippen LogP contribution in [0.4, 0.5) is 5.69 Å². The molecule has 2 aromatic heterocycles. The van der Waals surface area contributed by atoms with Crippen LogP contribution in [0.25, 0.3) is 28.2 Å². The first kappa shape index (κ1) is 22.6. The fourth-order valence-corrected chi connectivity index (χ4v) is 3.87. The molecule has 35 heavy (non-hydrogen) atoms. The van der Waals surface area contributed by atoms with Crippen LogP contribution in [0.1, 0.15) is 47.4 Å². The third-order valence-corrected chi connectivity index (χ3v) is 5.97. The van der Waals surface area contributed by atoms with Crippen LogP contribution in [0.5, 0.6) is 0 Å². The second-order valence-corrected chi connectivity index (χ2v) is 9.37. The SMILES string of the molecule is CC(C)CNc1cc(-c2cccc(C(N)=O)c2)nn2c(-c3ccc(C(=O)NC4CC4)cc3)cnc12. The standard InChI is InChI=1S/C27H28N6O2/c1-16(2)14-29-23-13-22(19-4-3-5-20(12-19)25(28)34)32-33-24(15-30-26(23)33)17-6-8-18(9-7-17)27(35)31-21-10-11-21/h3-9,12-13,15-16,21,29H,10-11,14H2,1-2H3,(H2,28,34)(H,31,35). The minimum absolute atomic E-state index is 0.0490. The predicted octanol–water partition coefficient (Wildman–Crippen LogP) is 4.12. The molecule has 1 saturated carbocycles. The molecular formula is C27H28N6O2. The van der Waals surface area contributed by atoms with Gasteiger partial charge < -0.3 is 16.4 Å². The molecule has 4 aromatic rings. The van der Waals surface area contributed by atoms with Gasteiger partial charge in [-0.15, -0.1) is 0 Å². The Morgan fingerprint density at radius 2 is 1.83 bits per heavy atom. The Morgan fingerprint density at radius 3 is 2.51 bits per heavy atom. The van der Waals surface area contributed by atoms with E-state index < -0.39 is 5.91 Å². The van der Waals surface area contributed by atoms with E-state index in [1.54, 1.807) is 28.9 Å². The first-order valence-electron chi connectivity index (χ1n) is 11.8. The molecule has 8 heteroatoms. The van der Waals surface area contributed by atoms with Crippen LogP contribution in [0.15, 0.2) is 60.8 Å². The van der Waals surface area contributed by atoms with Gasteiger partial charge in [0.25, 0.3) is 5.91 Å². The maximum Gasteiger partial charge on any atom is 0.251 e. The minimum Gasteiger partial charge on any atom is -0.382 e. The van der Waals surface area contributed by atoms with E-state index in [0.717, 1.165) is 41.9 Å². The van der Waals surface area contributed by atoms with E-state index in [-0.39, 0.29) is 5.91 Å². The molecule has 1 aliphatic carbocycles. The van der Waals surface area contributed by atoms with Crippen LogP contribution in [0.2, 0.25) is 0 Å². The Hall–Kier alpha value is -4.20. The van der Waals surface area contributed by atoms with Gasteiger partial charge in [-0.05, 0) is 49.1 Å². The van der Waals surface area contributed by atoms with Gasteiger partial charge in [-0.1, -0.05) is 38.1 Å². The highest BCUT2D eigenvalue weighted by atomic mass is 16.2. The van der Waals surface area contributed by atoms with Crippen molar-refractivity contribution in [2.45, 2.75) is 32.7 Å². The van der Waals surface area contributed by atoms with E-state index >= 15 is 0 Å². The van der Waals surface area contributed by atoms with E-state index in [9.17, 15) is 9.59 Å². The van der Waals surface area contributed by atoms with Crippen molar-refractivity contribution in [1.29, 1.82) is 0 Å². The van der Waals surface area contributed by atoms with Crippen molar-refractivity contribution < 1.29 is 9.59 Å². The van der Waals surface area contributed by atoms with Crippen LogP contribution >= 0.6 is 0 Å². The third kappa shape index (κ3) is 4.87. The van der Waals surface area contributed by atoms with Crippen molar-refractivity contribution in [3.05, 3.63) is 71.9 Å². The van der Waals surface area contributed by atoms with Gasteiger partial charge in [0.05, 0.1) is 23.3 Å². The van der Waals surface area contributed by atoms with Crippen molar-refractivity contribution in [2.75, 3.05) is 11.9 Å². The Labute approximate surface area is 203 Å². The first-order valence-corrected chi connectivity index (χ1v) is 11.8. The number of imidazole rings is 1. The van der Waals surface area contributed by atoms with Gasteiger partial charge in [-0.2, -0.15) is 5.10 Å². The quantitative estimate of drug-likeness (QED) is 0.360. The van der Waals surface area contributed by atoms with Gasteiger partial charge in [0.2, 0.25) is 5.91 Å². The number of carbonyl (C=O) groups is 2. The molecule has 178 valence electrons. The number of aromatic nitrogens is 3. The van der Waals surface area contributed by atoms with Gasteiger partial charge in [0.15, 0.2) is 5.65 Å². The van der Waals surface area contributed by atoms with Crippen molar-refractivity contribution in [1.82, 2.24) is 19.9 Å². The molecular weight excluding hydrogens is 440 g/mol. The maximum atomic E-state index is 12.4. The lowest BCUT2D eigenvalue weighted by atomic mass is 10.1. The molecule has 0 bridgehead atoms. The summed E-state index contributed by atoms with van der Waals surface area (Å²) in [6, 6.07) is 16.9. The fourth-order valence-electron chi connectivity index (χ4n) is 3.87. The monoisotopic (exact) mass is 468 g/mol. The molecule has 0 spiro atoms. The number of nitrogens with zero attached hydrogens (tertiary/aromatic N) is 3. The molecule has 0 aliphatic heterocycles. The normalized spacial score (nSPS) is 13.2. The molecule has 5 rings (SSSR count).